The number of halogens is 4. The van der Waals surface area contributed by atoms with Crippen molar-refractivity contribution in [3.63, 3.8) is 0 Å². The van der Waals surface area contributed by atoms with E-state index in [1.54, 1.807) is 6.07 Å². The highest BCUT2D eigenvalue weighted by molar-refractivity contribution is 7.94. The Bertz CT molecular complexity index is 1010. The summed E-state index contributed by atoms with van der Waals surface area (Å²) < 4.78 is 42.4. The Balaban J connectivity index is 1.86. The van der Waals surface area contributed by atoms with Gasteiger partial charge in [-0.1, -0.05) is 40.9 Å². The highest BCUT2D eigenvalue weighted by Crippen LogP contribution is 2.29. The van der Waals surface area contributed by atoms with Crippen LogP contribution < -0.4 is 4.72 Å². The number of hydrogen-bond donors (Lipinski definition) is 1. The second-order valence-corrected chi connectivity index (χ2v) is 9.33. The number of anilines is 1. The standard InChI is InChI=1S/C14H9Cl3FN3O2S2/c15-9-2-1-3-11(18)8(9)6-21-7-10(16)14(19-21)20-25(22,23)13-5-4-12(17)24-13/h1-5,7H,6H2,(H,19,20). The Morgan fingerprint density at radius 3 is 2.56 bits per heavy atom. The number of nitrogens with zero attached hydrogens (tertiary/aromatic N) is 2. The average molecular weight is 441 g/mol. The van der Waals surface area contributed by atoms with Gasteiger partial charge in [-0.2, -0.15) is 5.10 Å². The lowest BCUT2D eigenvalue weighted by molar-refractivity contribution is 0.585. The maximum atomic E-state index is 13.9. The van der Waals surface area contributed by atoms with Gasteiger partial charge in [0.1, 0.15) is 15.0 Å². The van der Waals surface area contributed by atoms with Crippen LogP contribution in [0.25, 0.3) is 0 Å². The van der Waals surface area contributed by atoms with Gasteiger partial charge < -0.3 is 0 Å². The molecule has 2 heterocycles. The average Bonchev–Trinajstić information content (AvgIpc) is 3.10. The molecular formula is C14H9Cl3FN3O2S2. The number of sulfonamides is 1. The van der Waals surface area contributed by atoms with E-state index in [0.29, 0.717) is 4.34 Å². The maximum absolute atomic E-state index is 13.9. The maximum Gasteiger partial charge on any atom is 0.272 e. The Morgan fingerprint density at radius 1 is 1.16 bits per heavy atom. The summed E-state index contributed by atoms with van der Waals surface area (Å²) >= 11 is 18.7. The van der Waals surface area contributed by atoms with Crippen molar-refractivity contribution in [3.05, 3.63) is 62.3 Å². The van der Waals surface area contributed by atoms with Gasteiger partial charge in [0.05, 0.1) is 10.9 Å². The number of thiophene rings is 1. The van der Waals surface area contributed by atoms with Gasteiger partial charge in [0.2, 0.25) is 0 Å². The first-order valence-corrected chi connectivity index (χ1v) is 10.1. The Kier molecular flexibility index (Phi) is 5.26. The van der Waals surface area contributed by atoms with Crippen molar-refractivity contribution >= 4 is 62.0 Å². The lowest BCUT2D eigenvalue weighted by Gasteiger charge is -2.06. The summed E-state index contributed by atoms with van der Waals surface area (Å²) in [5, 5.41) is 4.35. The summed E-state index contributed by atoms with van der Waals surface area (Å²) in [6, 6.07) is 7.16. The van der Waals surface area contributed by atoms with Crippen molar-refractivity contribution in [2.75, 3.05) is 4.72 Å². The molecule has 0 saturated carbocycles. The lowest BCUT2D eigenvalue weighted by Crippen LogP contribution is -2.13. The summed E-state index contributed by atoms with van der Waals surface area (Å²) in [5.41, 5.74) is 0.225. The van der Waals surface area contributed by atoms with Gasteiger partial charge in [-0.05, 0) is 24.3 Å². The fourth-order valence-corrected chi connectivity index (χ4v) is 4.99. The summed E-state index contributed by atoms with van der Waals surface area (Å²) in [6.07, 6.45) is 1.38. The van der Waals surface area contributed by atoms with Crippen molar-refractivity contribution in [1.29, 1.82) is 0 Å². The molecule has 0 aliphatic heterocycles. The quantitative estimate of drug-likeness (QED) is 0.614. The predicted octanol–water partition coefficient (Wildman–Crippen LogP) is 4.89. The van der Waals surface area contributed by atoms with Gasteiger partial charge in [-0.3, -0.25) is 9.40 Å². The minimum atomic E-state index is -3.87. The van der Waals surface area contributed by atoms with Crippen molar-refractivity contribution in [3.8, 4) is 0 Å². The van der Waals surface area contributed by atoms with E-state index in [4.69, 9.17) is 34.8 Å². The zero-order valence-electron chi connectivity index (χ0n) is 12.2. The third-order valence-corrected chi connectivity index (χ3v) is 6.84. The van der Waals surface area contributed by atoms with E-state index < -0.39 is 15.8 Å². The number of rotatable bonds is 5. The molecule has 0 aliphatic carbocycles. The molecule has 0 bridgehead atoms. The lowest BCUT2D eigenvalue weighted by atomic mass is 10.2. The molecule has 0 unspecified atom stereocenters. The van der Waals surface area contributed by atoms with E-state index in [0.717, 1.165) is 11.3 Å². The van der Waals surface area contributed by atoms with Crippen LogP contribution in [0, 0.1) is 5.82 Å². The van der Waals surface area contributed by atoms with Gasteiger partial charge in [0.15, 0.2) is 5.82 Å². The molecule has 5 nitrogen and oxygen atoms in total. The molecule has 0 atom stereocenters. The smallest absolute Gasteiger partial charge is 0.264 e. The van der Waals surface area contributed by atoms with E-state index >= 15 is 0 Å². The molecule has 3 aromatic rings. The number of nitrogens with one attached hydrogen (secondary N) is 1. The topological polar surface area (TPSA) is 64.0 Å². The molecule has 132 valence electrons. The van der Waals surface area contributed by atoms with Crippen LogP contribution in [-0.2, 0) is 16.6 Å². The Morgan fingerprint density at radius 2 is 1.92 bits per heavy atom. The normalized spacial score (nSPS) is 11.7. The molecule has 0 saturated heterocycles. The van der Waals surface area contributed by atoms with Crippen molar-refractivity contribution in [2.45, 2.75) is 10.8 Å². The summed E-state index contributed by atoms with van der Waals surface area (Å²) in [7, 11) is -3.87. The fourth-order valence-electron chi connectivity index (χ4n) is 2.01. The first-order valence-electron chi connectivity index (χ1n) is 6.70. The molecule has 1 aromatic carbocycles. The summed E-state index contributed by atoms with van der Waals surface area (Å²) in [6.45, 7) is -0.00220. The summed E-state index contributed by atoms with van der Waals surface area (Å²) in [4.78, 5) is 0. The number of aromatic nitrogens is 2. The van der Waals surface area contributed by atoms with E-state index in [9.17, 15) is 12.8 Å². The van der Waals surface area contributed by atoms with Gasteiger partial charge in [-0.25, -0.2) is 12.8 Å². The fraction of sp³-hybridized carbons (Fsp3) is 0.0714. The largest absolute Gasteiger partial charge is 0.272 e. The second-order valence-electron chi connectivity index (χ2n) is 4.89. The molecule has 0 aliphatic rings. The first kappa shape index (κ1) is 18.5. The zero-order valence-corrected chi connectivity index (χ0v) is 16.1. The SMILES string of the molecule is O=S(=O)(Nc1nn(Cc2c(F)cccc2Cl)cc1Cl)c1ccc(Cl)s1. The third kappa shape index (κ3) is 4.09. The van der Waals surface area contributed by atoms with Crippen LogP contribution in [-0.4, -0.2) is 18.2 Å². The van der Waals surface area contributed by atoms with Crippen LogP contribution in [0.5, 0.6) is 0 Å². The monoisotopic (exact) mass is 439 g/mol. The minimum absolute atomic E-state index is 0.00220. The van der Waals surface area contributed by atoms with E-state index in [2.05, 4.69) is 9.82 Å². The molecule has 0 spiro atoms. The molecule has 1 N–H and O–H groups in total. The molecule has 0 radical (unpaired) electrons. The number of hydrogen-bond acceptors (Lipinski definition) is 4. The highest BCUT2D eigenvalue weighted by Gasteiger charge is 2.20. The van der Waals surface area contributed by atoms with Crippen LogP contribution in [0.2, 0.25) is 14.4 Å². The zero-order chi connectivity index (χ0) is 18.2. The molecule has 2 aromatic heterocycles. The molecule has 11 heteroatoms. The van der Waals surface area contributed by atoms with Crippen LogP contribution in [0.3, 0.4) is 0 Å². The Labute approximate surface area is 162 Å². The minimum Gasteiger partial charge on any atom is -0.264 e. The second kappa shape index (κ2) is 7.13. The van der Waals surface area contributed by atoms with Crippen molar-refractivity contribution < 1.29 is 12.8 Å². The molecule has 0 amide bonds. The van der Waals surface area contributed by atoms with Gasteiger partial charge in [0, 0.05) is 16.8 Å². The van der Waals surface area contributed by atoms with Crippen LogP contribution >= 0.6 is 46.1 Å². The molecular weight excluding hydrogens is 432 g/mol. The summed E-state index contributed by atoms with van der Waals surface area (Å²) in [5.74, 6) is -0.562. The van der Waals surface area contributed by atoms with E-state index in [-0.39, 0.29) is 32.2 Å². The molecule has 0 fully saturated rings. The molecule has 25 heavy (non-hydrogen) atoms. The van der Waals surface area contributed by atoms with Crippen LogP contribution in [0.4, 0.5) is 10.2 Å². The van der Waals surface area contributed by atoms with E-state index in [1.165, 1.54) is 35.1 Å². The van der Waals surface area contributed by atoms with Gasteiger partial charge >= 0.3 is 0 Å². The van der Waals surface area contributed by atoms with Crippen molar-refractivity contribution in [1.82, 2.24) is 9.78 Å². The van der Waals surface area contributed by atoms with Crippen LogP contribution in [0.15, 0.2) is 40.7 Å². The number of benzene rings is 1. The van der Waals surface area contributed by atoms with Gasteiger partial charge in [0.25, 0.3) is 10.0 Å². The van der Waals surface area contributed by atoms with Crippen molar-refractivity contribution in [2.24, 2.45) is 0 Å². The van der Waals surface area contributed by atoms with Gasteiger partial charge in [-0.15, -0.1) is 11.3 Å². The molecule has 3 rings (SSSR count). The first-order chi connectivity index (χ1) is 11.8. The van der Waals surface area contributed by atoms with Crippen LogP contribution in [0.1, 0.15) is 5.56 Å². The third-order valence-electron chi connectivity index (χ3n) is 3.14. The van der Waals surface area contributed by atoms with E-state index in [1.807, 2.05) is 0 Å². The highest BCUT2D eigenvalue weighted by atomic mass is 35.5. The predicted molar refractivity (Wildman–Crippen MR) is 97.9 cm³/mol. The Hall–Kier alpha value is -1.32.